The van der Waals surface area contributed by atoms with Crippen LogP contribution in [0.3, 0.4) is 0 Å². The number of nitrogen functional groups attached to an aromatic ring is 1. The number of phenolic OH excluding ortho intramolecular Hbond substituents is 2. The van der Waals surface area contributed by atoms with Crippen LogP contribution in [0.25, 0.3) is 11.2 Å². The molecule has 13 heteroatoms. The van der Waals surface area contributed by atoms with Crippen LogP contribution < -0.4 is 11.1 Å². The van der Waals surface area contributed by atoms with E-state index in [0.717, 1.165) is 11.6 Å². The number of imidazole rings is 1. The lowest BCUT2D eigenvalue weighted by Crippen LogP contribution is -2.31. The Hall–Kier alpha value is -4.85. The number of aliphatic hydroxyl groups is 2. The second-order valence-electron chi connectivity index (χ2n) is 9.28. The van der Waals surface area contributed by atoms with Crippen molar-refractivity contribution in [1.82, 2.24) is 24.8 Å². The molecule has 1 saturated heterocycles. The molecular weight excluding hydrogens is 520 g/mol. The molecule has 5 rings (SSSR count). The number of fused-ring (bicyclic) bond motifs is 1. The van der Waals surface area contributed by atoms with E-state index in [4.69, 9.17) is 10.5 Å². The lowest BCUT2D eigenvalue weighted by molar-refractivity contribution is -0.0245. The summed E-state index contributed by atoms with van der Waals surface area (Å²) in [5, 5.41) is 44.0. The molecule has 4 aromatic rings. The van der Waals surface area contributed by atoms with E-state index in [2.05, 4.69) is 20.3 Å². The van der Waals surface area contributed by atoms with Crippen molar-refractivity contribution >= 4 is 28.7 Å². The molecule has 0 bridgehead atoms. The predicted octanol–water partition coefficient (Wildman–Crippen LogP) is 0.965. The Morgan fingerprint density at radius 2 is 1.82 bits per heavy atom. The molecule has 4 atom stereocenters. The third kappa shape index (κ3) is 4.96. The number of nitrogens with two attached hydrogens (primary N) is 1. The van der Waals surface area contributed by atoms with Crippen molar-refractivity contribution in [3.63, 3.8) is 0 Å². The van der Waals surface area contributed by atoms with E-state index < -0.39 is 47.7 Å². The fraction of sp³-hybridized carbons (Fsp3) is 0.222. The fourth-order valence-electron chi connectivity index (χ4n) is 4.37. The first-order chi connectivity index (χ1) is 19.2. The van der Waals surface area contributed by atoms with Gasteiger partial charge in [-0.25, -0.2) is 15.0 Å². The summed E-state index contributed by atoms with van der Waals surface area (Å²) in [5.41, 5.74) is 7.53. The first kappa shape index (κ1) is 26.7. The van der Waals surface area contributed by atoms with Crippen LogP contribution in [0.1, 0.15) is 38.1 Å². The molecule has 40 heavy (non-hydrogen) atoms. The van der Waals surface area contributed by atoms with E-state index in [0.29, 0.717) is 16.7 Å². The Morgan fingerprint density at radius 1 is 1.07 bits per heavy atom. The van der Waals surface area contributed by atoms with E-state index in [1.54, 1.807) is 24.3 Å². The predicted molar refractivity (Wildman–Crippen MR) is 142 cm³/mol. The van der Waals surface area contributed by atoms with E-state index in [1.807, 2.05) is 6.92 Å². The van der Waals surface area contributed by atoms with Crippen LogP contribution in [0, 0.1) is 6.92 Å². The van der Waals surface area contributed by atoms with Crippen molar-refractivity contribution in [3.8, 4) is 11.5 Å². The van der Waals surface area contributed by atoms with Gasteiger partial charge in [0.2, 0.25) is 0 Å². The normalized spacial score (nSPS) is 20.8. The smallest absolute Gasteiger partial charge is 0.255 e. The summed E-state index contributed by atoms with van der Waals surface area (Å²) in [4.78, 5) is 37.7. The molecule has 1 aliphatic rings. The Bertz CT molecular complexity index is 1620. The minimum atomic E-state index is -1.31. The number of nitrogens with zero attached hydrogens (tertiary/aromatic N) is 4. The number of aryl methyl sites for hydroxylation is 1. The zero-order valence-electron chi connectivity index (χ0n) is 21.2. The number of phenols is 2. The molecule has 1 amide bonds. The molecule has 13 nitrogen and oxygen atoms in total. The van der Waals surface area contributed by atoms with Gasteiger partial charge in [-0.05, 0) is 19.1 Å². The number of anilines is 1. The van der Waals surface area contributed by atoms with Crippen LogP contribution in [-0.2, 0) is 4.74 Å². The third-order valence-corrected chi connectivity index (χ3v) is 6.55. The number of benzene rings is 2. The lowest BCUT2D eigenvalue weighted by atomic mass is 9.99. The summed E-state index contributed by atoms with van der Waals surface area (Å²) in [6, 6.07) is 9.09. The second kappa shape index (κ2) is 10.7. The van der Waals surface area contributed by atoms with Crippen LogP contribution in [0.5, 0.6) is 11.5 Å². The minimum Gasteiger partial charge on any atom is -0.504 e. The third-order valence-electron chi connectivity index (χ3n) is 6.55. The topological polar surface area (TPSA) is 206 Å². The second-order valence-corrected chi connectivity index (χ2v) is 9.28. The van der Waals surface area contributed by atoms with Crippen molar-refractivity contribution in [2.45, 2.75) is 31.5 Å². The molecule has 1 aliphatic heterocycles. The standard InChI is InChI=1S/C27H26N6O7/c1-13-4-6-14(7-5-13)20(35)15-9-16(21(36)17(34)10-15)26(39)29-8-2-3-18-22(37)23(38)27(40-18)33-12-32-19-24(28)30-11-31-25(19)33/h2-7,9-12,18,22-23,27,34,36-38H,8H2,1H3,(H,29,39)(H2,28,30,31). The van der Waals surface area contributed by atoms with E-state index in [-0.39, 0.29) is 23.5 Å². The maximum Gasteiger partial charge on any atom is 0.255 e. The molecule has 3 heterocycles. The number of aliphatic hydroxyl groups excluding tert-OH is 2. The first-order valence-corrected chi connectivity index (χ1v) is 12.2. The van der Waals surface area contributed by atoms with Gasteiger partial charge in [-0.3, -0.25) is 14.2 Å². The summed E-state index contributed by atoms with van der Waals surface area (Å²) in [5.74, 6) is -2.29. The number of ether oxygens (including phenoxy) is 1. The highest BCUT2D eigenvalue weighted by molar-refractivity contribution is 6.11. The van der Waals surface area contributed by atoms with Gasteiger partial charge in [0, 0.05) is 17.7 Å². The van der Waals surface area contributed by atoms with Crippen LogP contribution in [0.15, 0.2) is 61.2 Å². The van der Waals surface area contributed by atoms with Gasteiger partial charge >= 0.3 is 0 Å². The number of rotatable bonds is 7. The zero-order valence-corrected chi connectivity index (χ0v) is 21.2. The number of carbonyl (C=O) groups excluding carboxylic acids is 2. The quantitative estimate of drug-likeness (QED) is 0.109. The molecule has 206 valence electrons. The molecule has 2 aromatic carbocycles. The number of hydrogen-bond acceptors (Lipinski definition) is 11. The number of hydrogen-bond donors (Lipinski definition) is 6. The molecule has 0 saturated carbocycles. The number of carbonyl (C=O) groups is 2. The first-order valence-electron chi connectivity index (χ1n) is 12.2. The maximum absolute atomic E-state index is 12.8. The molecule has 4 unspecified atom stereocenters. The highest BCUT2D eigenvalue weighted by Gasteiger charge is 2.43. The van der Waals surface area contributed by atoms with E-state index in [9.17, 15) is 30.0 Å². The summed E-state index contributed by atoms with van der Waals surface area (Å²) in [6.45, 7) is 1.82. The van der Waals surface area contributed by atoms with Gasteiger partial charge in [-0.1, -0.05) is 42.0 Å². The fourth-order valence-corrected chi connectivity index (χ4v) is 4.37. The van der Waals surface area contributed by atoms with Gasteiger partial charge in [0.05, 0.1) is 11.9 Å². The number of aromatic hydroxyl groups is 2. The largest absolute Gasteiger partial charge is 0.504 e. The van der Waals surface area contributed by atoms with Gasteiger partial charge in [0.1, 0.15) is 30.2 Å². The van der Waals surface area contributed by atoms with Crippen molar-refractivity contribution in [1.29, 1.82) is 0 Å². The van der Waals surface area contributed by atoms with Gasteiger partial charge in [0.25, 0.3) is 5.91 Å². The number of amides is 1. The number of ketones is 1. The molecule has 2 aromatic heterocycles. The molecule has 7 N–H and O–H groups in total. The Kier molecular flexibility index (Phi) is 7.17. The monoisotopic (exact) mass is 546 g/mol. The molecule has 0 aliphatic carbocycles. The summed E-state index contributed by atoms with van der Waals surface area (Å²) >= 11 is 0. The Labute approximate surface area is 227 Å². The van der Waals surface area contributed by atoms with Crippen LogP contribution in [0.4, 0.5) is 5.82 Å². The summed E-state index contributed by atoms with van der Waals surface area (Å²) < 4.78 is 7.25. The molecule has 0 spiro atoms. The Balaban J connectivity index is 1.25. The Morgan fingerprint density at radius 3 is 2.58 bits per heavy atom. The van der Waals surface area contributed by atoms with Gasteiger partial charge in [-0.2, -0.15) is 0 Å². The van der Waals surface area contributed by atoms with E-state index >= 15 is 0 Å². The van der Waals surface area contributed by atoms with E-state index in [1.165, 1.54) is 35.4 Å². The zero-order chi connectivity index (χ0) is 28.6. The SMILES string of the molecule is Cc1ccc(C(=O)c2cc(O)c(O)c(C(=O)NCC=CC3OC(n4cnc5c(N)ncnc54)C(O)C3O)c2)cc1. The summed E-state index contributed by atoms with van der Waals surface area (Å²) in [7, 11) is 0. The average Bonchev–Trinajstić information content (AvgIpc) is 3.49. The van der Waals surface area contributed by atoms with Crippen molar-refractivity contribution in [2.24, 2.45) is 0 Å². The van der Waals surface area contributed by atoms with Crippen LogP contribution in [0.2, 0.25) is 0 Å². The lowest BCUT2D eigenvalue weighted by Gasteiger charge is -2.16. The van der Waals surface area contributed by atoms with Gasteiger partial charge in [-0.15, -0.1) is 0 Å². The van der Waals surface area contributed by atoms with Gasteiger partial charge in [0.15, 0.2) is 35.0 Å². The molecular formula is C27H26N6O7. The summed E-state index contributed by atoms with van der Waals surface area (Å²) in [6.07, 6.45) is 1.04. The highest BCUT2D eigenvalue weighted by atomic mass is 16.6. The van der Waals surface area contributed by atoms with Crippen molar-refractivity contribution in [2.75, 3.05) is 12.3 Å². The van der Waals surface area contributed by atoms with Crippen molar-refractivity contribution < 1.29 is 34.8 Å². The average molecular weight is 547 g/mol. The van der Waals surface area contributed by atoms with Crippen LogP contribution >= 0.6 is 0 Å². The molecule has 0 radical (unpaired) electrons. The maximum atomic E-state index is 12.8. The number of aromatic nitrogens is 4. The number of nitrogens with one attached hydrogen (secondary N) is 1. The van der Waals surface area contributed by atoms with Gasteiger partial charge < -0.3 is 36.2 Å². The highest BCUT2D eigenvalue weighted by Crippen LogP contribution is 2.33. The molecule has 1 fully saturated rings. The van der Waals surface area contributed by atoms with Crippen molar-refractivity contribution in [3.05, 3.63) is 83.5 Å². The minimum absolute atomic E-state index is 0.0291. The van der Waals surface area contributed by atoms with Crippen LogP contribution in [-0.4, -0.2) is 76.5 Å².